The molecule has 1 heterocycles. The van der Waals surface area contributed by atoms with Crippen molar-refractivity contribution in [2.24, 2.45) is 0 Å². The maximum absolute atomic E-state index is 5.42. The largest absolute Gasteiger partial charge is 0.357 e. The number of hydrogen-bond acceptors (Lipinski definition) is 3. The maximum atomic E-state index is 5.42. The highest BCUT2D eigenvalue weighted by molar-refractivity contribution is 8.83. The Bertz CT molecular complexity index is 203. The number of hydrogen-bond donors (Lipinski definition) is 0. The van der Waals surface area contributed by atoms with Gasteiger partial charge in [0.05, 0.1) is 0 Å². The van der Waals surface area contributed by atoms with Crippen molar-refractivity contribution in [3.8, 4) is 0 Å². The summed E-state index contributed by atoms with van der Waals surface area (Å²) in [4.78, 5) is 2.36. The lowest BCUT2D eigenvalue weighted by molar-refractivity contribution is 0.539. The summed E-state index contributed by atoms with van der Waals surface area (Å²) in [5, 5.41) is 0. The second kappa shape index (κ2) is 10.5. The predicted molar refractivity (Wildman–Crippen MR) is 86.8 cm³/mol. The molecule has 1 fully saturated rings. The van der Waals surface area contributed by atoms with Gasteiger partial charge in [-0.1, -0.05) is 62.0 Å². The zero-order chi connectivity index (χ0) is 12.3. The van der Waals surface area contributed by atoms with Crippen molar-refractivity contribution in [2.75, 3.05) is 18.8 Å². The summed E-state index contributed by atoms with van der Waals surface area (Å²) in [6.07, 6.45) is 11.0. The molecule has 0 aromatic rings. The Kier molecular flexibility index (Phi) is 9.67. The van der Waals surface area contributed by atoms with Crippen molar-refractivity contribution in [3.63, 3.8) is 0 Å². The number of likely N-dealkylation sites (tertiary alicyclic amines) is 1. The van der Waals surface area contributed by atoms with Crippen LogP contribution in [-0.4, -0.2) is 28.1 Å². The highest BCUT2D eigenvalue weighted by Gasteiger charge is 2.14. The molecular weight excluding hydrogens is 266 g/mol. The summed E-state index contributed by atoms with van der Waals surface area (Å²) in [6.45, 7) is 4.64. The fraction of sp³-hybridized carbons (Fsp3) is 0.923. The summed E-state index contributed by atoms with van der Waals surface area (Å²) in [7, 11) is 3.76. The third-order valence-electron chi connectivity index (χ3n) is 3.08. The van der Waals surface area contributed by atoms with Gasteiger partial charge in [-0.2, -0.15) is 0 Å². The van der Waals surface area contributed by atoms with Crippen LogP contribution < -0.4 is 0 Å². The fourth-order valence-electron chi connectivity index (χ4n) is 1.99. The van der Waals surface area contributed by atoms with E-state index in [1.807, 2.05) is 21.6 Å². The highest BCUT2D eigenvalue weighted by atomic mass is 33.1. The van der Waals surface area contributed by atoms with E-state index >= 15 is 0 Å². The Morgan fingerprint density at radius 3 is 2.41 bits per heavy atom. The van der Waals surface area contributed by atoms with Crippen molar-refractivity contribution in [1.29, 1.82) is 0 Å². The maximum Gasteiger partial charge on any atom is 0.147 e. The first-order valence-corrected chi connectivity index (χ1v) is 9.65. The van der Waals surface area contributed by atoms with Crippen LogP contribution in [0.15, 0.2) is 0 Å². The molecule has 0 aliphatic carbocycles. The molecule has 1 aliphatic rings. The molecule has 0 radical (unpaired) electrons. The van der Waals surface area contributed by atoms with Crippen LogP contribution in [-0.2, 0) is 0 Å². The van der Waals surface area contributed by atoms with E-state index in [-0.39, 0.29) is 0 Å². The monoisotopic (exact) mass is 291 g/mol. The van der Waals surface area contributed by atoms with E-state index in [0.29, 0.717) is 0 Å². The average Bonchev–Trinajstić information content (AvgIpc) is 2.86. The van der Waals surface area contributed by atoms with E-state index in [1.165, 1.54) is 70.2 Å². The van der Waals surface area contributed by atoms with E-state index < -0.39 is 0 Å². The number of thiocarbonyl (C=S) groups is 1. The minimum atomic E-state index is 1.11. The minimum absolute atomic E-state index is 1.11. The first-order valence-electron chi connectivity index (χ1n) is 6.93. The van der Waals surface area contributed by atoms with Gasteiger partial charge in [0.25, 0.3) is 0 Å². The molecule has 1 rings (SSSR count). The second-order valence-electron chi connectivity index (χ2n) is 4.63. The van der Waals surface area contributed by atoms with Gasteiger partial charge < -0.3 is 4.90 Å². The van der Waals surface area contributed by atoms with E-state index in [0.717, 1.165) is 4.32 Å². The molecule has 4 heteroatoms. The van der Waals surface area contributed by atoms with Gasteiger partial charge in [0.15, 0.2) is 0 Å². The van der Waals surface area contributed by atoms with Crippen molar-refractivity contribution >= 4 is 38.1 Å². The SMILES string of the molecule is CCCCCCCCSSC(=S)N1CCCC1. The third kappa shape index (κ3) is 7.58. The molecule has 0 unspecified atom stereocenters. The lowest BCUT2D eigenvalue weighted by Gasteiger charge is -2.16. The summed E-state index contributed by atoms with van der Waals surface area (Å²) in [6, 6.07) is 0. The molecular formula is C13H25NS3. The van der Waals surface area contributed by atoms with Gasteiger partial charge in [-0.05, 0) is 30.1 Å². The summed E-state index contributed by atoms with van der Waals surface area (Å²) in [5.41, 5.74) is 0. The molecule has 1 saturated heterocycles. The molecule has 0 N–H and O–H groups in total. The molecule has 0 atom stereocenters. The molecule has 0 amide bonds. The Balaban J connectivity index is 1.85. The normalized spacial score (nSPS) is 15.5. The molecule has 1 nitrogen and oxygen atoms in total. The van der Waals surface area contributed by atoms with Crippen LogP contribution >= 0.6 is 33.8 Å². The third-order valence-corrected chi connectivity index (χ3v) is 6.20. The van der Waals surface area contributed by atoms with Gasteiger partial charge in [-0.25, -0.2) is 0 Å². The van der Waals surface area contributed by atoms with Crippen LogP contribution in [0.5, 0.6) is 0 Å². The van der Waals surface area contributed by atoms with Crippen LogP contribution in [0.2, 0.25) is 0 Å². The van der Waals surface area contributed by atoms with Crippen molar-refractivity contribution < 1.29 is 0 Å². The lowest BCUT2D eigenvalue weighted by atomic mass is 10.1. The quantitative estimate of drug-likeness (QED) is 0.347. The van der Waals surface area contributed by atoms with Gasteiger partial charge in [0.2, 0.25) is 0 Å². The zero-order valence-corrected chi connectivity index (χ0v) is 13.4. The lowest BCUT2D eigenvalue weighted by Crippen LogP contribution is -2.22. The van der Waals surface area contributed by atoms with Gasteiger partial charge in [0.1, 0.15) is 4.32 Å². The fourth-order valence-corrected chi connectivity index (χ4v) is 4.62. The smallest absolute Gasteiger partial charge is 0.147 e. The molecule has 0 bridgehead atoms. The minimum Gasteiger partial charge on any atom is -0.357 e. The summed E-state index contributed by atoms with van der Waals surface area (Å²) >= 11 is 5.42. The van der Waals surface area contributed by atoms with Crippen molar-refractivity contribution in [3.05, 3.63) is 0 Å². The van der Waals surface area contributed by atoms with E-state index in [9.17, 15) is 0 Å². The van der Waals surface area contributed by atoms with Crippen molar-refractivity contribution in [2.45, 2.75) is 58.3 Å². The molecule has 17 heavy (non-hydrogen) atoms. The molecule has 0 aromatic heterocycles. The number of nitrogens with zero attached hydrogens (tertiary/aromatic N) is 1. The summed E-state index contributed by atoms with van der Waals surface area (Å²) in [5.74, 6) is 1.25. The molecule has 100 valence electrons. The highest BCUT2D eigenvalue weighted by Crippen LogP contribution is 2.28. The van der Waals surface area contributed by atoms with Crippen LogP contribution in [0.3, 0.4) is 0 Å². The first-order chi connectivity index (χ1) is 8.34. The van der Waals surface area contributed by atoms with Gasteiger partial charge in [0, 0.05) is 18.8 Å². The van der Waals surface area contributed by atoms with Gasteiger partial charge >= 0.3 is 0 Å². The standard InChI is InChI=1S/C13H25NS3/c1-2-3-4-5-6-9-12-16-17-13(15)14-10-7-8-11-14/h2-12H2,1H3. The number of unbranched alkanes of at least 4 members (excludes halogenated alkanes) is 5. The first kappa shape index (κ1) is 15.6. The number of rotatable bonds is 8. The average molecular weight is 292 g/mol. The molecule has 0 saturated carbocycles. The molecule has 0 aromatic carbocycles. The second-order valence-corrected chi connectivity index (χ2v) is 7.68. The molecule has 1 aliphatic heterocycles. The van der Waals surface area contributed by atoms with Gasteiger partial charge in [-0.3, -0.25) is 0 Å². The predicted octanol–water partition coefficient (Wildman–Crippen LogP) is 5.11. The van der Waals surface area contributed by atoms with E-state index in [2.05, 4.69) is 11.8 Å². The molecule has 0 spiro atoms. The Morgan fingerprint density at radius 1 is 1.06 bits per heavy atom. The Hall–Kier alpha value is 0.590. The van der Waals surface area contributed by atoms with Gasteiger partial charge in [-0.15, -0.1) is 0 Å². The van der Waals surface area contributed by atoms with Crippen molar-refractivity contribution in [1.82, 2.24) is 4.90 Å². The summed E-state index contributed by atoms with van der Waals surface area (Å²) < 4.78 is 1.11. The van der Waals surface area contributed by atoms with E-state index in [4.69, 9.17) is 12.2 Å². The Morgan fingerprint density at radius 2 is 1.71 bits per heavy atom. The Labute approximate surface area is 120 Å². The van der Waals surface area contributed by atoms with Crippen LogP contribution in [0.25, 0.3) is 0 Å². The van der Waals surface area contributed by atoms with Crippen LogP contribution in [0.1, 0.15) is 58.3 Å². The zero-order valence-electron chi connectivity index (χ0n) is 11.0. The van der Waals surface area contributed by atoms with Crippen LogP contribution in [0, 0.1) is 0 Å². The topological polar surface area (TPSA) is 3.24 Å². The van der Waals surface area contributed by atoms with Crippen LogP contribution in [0.4, 0.5) is 0 Å². The van der Waals surface area contributed by atoms with E-state index in [1.54, 1.807) is 0 Å².